The first-order valence-electron chi connectivity index (χ1n) is 8.97. The van der Waals surface area contributed by atoms with Crippen LogP contribution in [0, 0.1) is 6.92 Å². The Bertz CT molecular complexity index is 981. The summed E-state index contributed by atoms with van der Waals surface area (Å²) in [5.74, 6) is 1.47. The fraction of sp³-hybridized carbons (Fsp3) is 0.350. The Labute approximate surface area is 157 Å². The fourth-order valence-electron chi connectivity index (χ4n) is 3.40. The van der Waals surface area contributed by atoms with Crippen LogP contribution >= 0.6 is 11.3 Å². The second-order valence-electron chi connectivity index (χ2n) is 6.64. The van der Waals surface area contributed by atoms with Crippen molar-refractivity contribution in [1.82, 2.24) is 9.97 Å². The smallest absolute Gasteiger partial charge is 0.269 e. The van der Waals surface area contributed by atoms with Crippen LogP contribution in [0.2, 0.25) is 0 Å². The van der Waals surface area contributed by atoms with E-state index in [2.05, 4.69) is 18.7 Å². The molecule has 0 spiro atoms. The molecule has 3 heterocycles. The van der Waals surface area contributed by atoms with Crippen LogP contribution in [0.5, 0.6) is 0 Å². The molecule has 1 aliphatic heterocycles. The van der Waals surface area contributed by atoms with E-state index in [9.17, 15) is 4.79 Å². The third kappa shape index (κ3) is 2.84. The van der Waals surface area contributed by atoms with Crippen LogP contribution in [0.15, 0.2) is 30.3 Å². The van der Waals surface area contributed by atoms with Crippen molar-refractivity contribution in [2.24, 2.45) is 0 Å². The van der Waals surface area contributed by atoms with Gasteiger partial charge in [0.25, 0.3) is 5.91 Å². The minimum absolute atomic E-state index is 0.0268. The number of fused-ring (bicyclic) bond motifs is 2. The molecule has 1 aromatic carbocycles. The summed E-state index contributed by atoms with van der Waals surface area (Å²) in [6, 6.07) is 9.85. The molecule has 0 atom stereocenters. The number of aryl methyl sites for hydroxylation is 2. The van der Waals surface area contributed by atoms with Crippen molar-refractivity contribution < 1.29 is 4.79 Å². The molecular formula is C20H22N4OS. The molecule has 1 aliphatic rings. The van der Waals surface area contributed by atoms with Gasteiger partial charge in [0.05, 0.1) is 15.9 Å². The van der Waals surface area contributed by atoms with E-state index in [0.29, 0.717) is 12.4 Å². The third-order valence-electron chi connectivity index (χ3n) is 4.88. The van der Waals surface area contributed by atoms with Gasteiger partial charge >= 0.3 is 0 Å². The minimum atomic E-state index is 0.0268. The predicted molar refractivity (Wildman–Crippen MR) is 108 cm³/mol. The monoisotopic (exact) mass is 366 g/mol. The Morgan fingerprint density at radius 2 is 1.85 bits per heavy atom. The van der Waals surface area contributed by atoms with Gasteiger partial charge in [0.1, 0.15) is 0 Å². The number of thiophene rings is 1. The summed E-state index contributed by atoms with van der Waals surface area (Å²) in [6.45, 7) is 5.71. The van der Waals surface area contributed by atoms with Gasteiger partial charge in [-0.25, -0.2) is 9.97 Å². The van der Waals surface area contributed by atoms with Crippen LogP contribution in [0.4, 0.5) is 11.6 Å². The molecule has 2 aromatic heterocycles. The number of hydrogen-bond acceptors (Lipinski definition) is 5. The molecule has 134 valence electrons. The number of amides is 1. The Hall–Kier alpha value is -2.47. The summed E-state index contributed by atoms with van der Waals surface area (Å²) in [6.07, 6.45) is 1.83. The molecular weight excluding hydrogens is 344 g/mol. The second-order valence-corrected chi connectivity index (χ2v) is 7.89. The Balaban J connectivity index is 1.83. The van der Waals surface area contributed by atoms with Gasteiger partial charge in [0.2, 0.25) is 0 Å². The zero-order valence-electron chi connectivity index (χ0n) is 15.3. The van der Waals surface area contributed by atoms with Gasteiger partial charge in [0.15, 0.2) is 11.6 Å². The van der Waals surface area contributed by atoms with E-state index >= 15 is 0 Å². The Morgan fingerprint density at radius 1 is 1.15 bits per heavy atom. The van der Waals surface area contributed by atoms with Gasteiger partial charge in [-0.3, -0.25) is 9.69 Å². The van der Waals surface area contributed by atoms with Crippen molar-refractivity contribution in [2.75, 3.05) is 29.9 Å². The fourth-order valence-corrected chi connectivity index (χ4v) is 4.47. The topological polar surface area (TPSA) is 49.3 Å². The van der Waals surface area contributed by atoms with Crippen molar-refractivity contribution in [3.05, 3.63) is 45.6 Å². The zero-order chi connectivity index (χ0) is 18.3. The number of aromatic nitrogens is 2. The minimum Gasteiger partial charge on any atom is -0.357 e. The molecule has 0 saturated carbocycles. The lowest BCUT2D eigenvalue weighted by Gasteiger charge is -2.22. The number of carbonyl (C=O) groups excluding carboxylic acids is 1. The molecule has 1 amide bonds. The molecule has 26 heavy (non-hydrogen) atoms. The first-order valence-corrected chi connectivity index (χ1v) is 9.79. The normalized spacial score (nSPS) is 14.4. The van der Waals surface area contributed by atoms with Crippen LogP contribution in [0.25, 0.3) is 11.0 Å². The first-order chi connectivity index (χ1) is 12.6. The number of para-hydroxylation sites is 2. The van der Waals surface area contributed by atoms with Gasteiger partial charge in [-0.15, -0.1) is 11.3 Å². The maximum absolute atomic E-state index is 13.3. The van der Waals surface area contributed by atoms with Crippen LogP contribution < -0.4 is 9.80 Å². The van der Waals surface area contributed by atoms with Gasteiger partial charge in [-0.1, -0.05) is 19.1 Å². The largest absolute Gasteiger partial charge is 0.357 e. The molecule has 3 aromatic rings. The number of rotatable bonds is 2. The molecule has 0 bridgehead atoms. The van der Waals surface area contributed by atoms with Gasteiger partial charge < -0.3 is 4.90 Å². The molecule has 0 unspecified atom stereocenters. The number of nitrogens with zero attached hydrogens (tertiary/aromatic N) is 4. The molecule has 0 radical (unpaired) electrons. The number of anilines is 2. The highest BCUT2D eigenvalue weighted by molar-refractivity contribution is 7.14. The van der Waals surface area contributed by atoms with E-state index in [1.165, 1.54) is 10.4 Å². The van der Waals surface area contributed by atoms with E-state index in [-0.39, 0.29) is 5.91 Å². The Kier molecular flexibility index (Phi) is 4.36. The maximum atomic E-state index is 13.3. The number of carbonyl (C=O) groups is 1. The van der Waals surface area contributed by atoms with Crippen molar-refractivity contribution in [1.29, 1.82) is 0 Å². The zero-order valence-corrected chi connectivity index (χ0v) is 16.1. The van der Waals surface area contributed by atoms with Crippen molar-refractivity contribution >= 4 is 39.9 Å². The number of hydrogen-bond donors (Lipinski definition) is 0. The summed E-state index contributed by atoms with van der Waals surface area (Å²) >= 11 is 1.57. The van der Waals surface area contributed by atoms with E-state index in [1.807, 2.05) is 42.3 Å². The van der Waals surface area contributed by atoms with Crippen molar-refractivity contribution in [2.45, 2.75) is 26.7 Å². The predicted octanol–water partition coefficient (Wildman–Crippen LogP) is 4.05. The highest BCUT2D eigenvalue weighted by atomic mass is 32.1. The lowest BCUT2D eigenvalue weighted by molar-refractivity contribution is 0.0990. The number of benzene rings is 1. The van der Waals surface area contributed by atoms with Crippen molar-refractivity contribution in [3.63, 3.8) is 0 Å². The van der Waals surface area contributed by atoms with E-state index in [4.69, 9.17) is 9.97 Å². The lowest BCUT2D eigenvalue weighted by Crippen LogP contribution is -2.32. The van der Waals surface area contributed by atoms with E-state index in [1.54, 1.807) is 11.3 Å². The second kappa shape index (κ2) is 6.68. The van der Waals surface area contributed by atoms with E-state index < -0.39 is 0 Å². The van der Waals surface area contributed by atoms with Gasteiger partial charge in [0, 0.05) is 25.0 Å². The molecule has 0 fully saturated rings. The highest BCUT2D eigenvalue weighted by Gasteiger charge is 2.28. The summed E-state index contributed by atoms with van der Waals surface area (Å²) in [7, 11) is 2.01. The summed E-state index contributed by atoms with van der Waals surface area (Å²) in [5, 5.41) is 0. The SMILES string of the molecule is CCc1cc(C(=O)N2CCCN(C)c3nc4ccccc4nc32)sc1C. The summed E-state index contributed by atoms with van der Waals surface area (Å²) in [4.78, 5) is 28.8. The molecule has 6 heteroatoms. The first kappa shape index (κ1) is 17.0. The van der Waals surface area contributed by atoms with Crippen molar-refractivity contribution in [3.8, 4) is 0 Å². The molecule has 0 saturated heterocycles. The molecule has 5 nitrogen and oxygen atoms in total. The van der Waals surface area contributed by atoms with Crippen LogP contribution in [-0.4, -0.2) is 36.0 Å². The third-order valence-corrected chi connectivity index (χ3v) is 5.97. The standard InChI is InChI=1S/C20H22N4OS/c1-4-14-12-17(26-13(14)2)20(25)24-11-7-10-23(3)18-19(24)22-16-9-6-5-8-15(16)21-18/h5-6,8-9,12H,4,7,10-11H2,1-3H3. The van der Waals surface area contributed by atoms with Gasteiger partial charge in [-0.2, -0.15) is 0 Å². The quantitative estimate of drug-likeness (QED) is 0.687. The molecule has 0 N–H and O–H groups in total. The van der Waals surface area contributed by atoms with E-state index in [0.717, 1.165) is 41.1 Å². The lowest BCUT2D eigenvalue weighted by atomic mass is 10.2. The summed E-state index contributed by atoms with van der Waals surface area (Å²) in [5.41, 5.74) is 2.92. The Morgan fingerprint density at radius 3 is 2.50 bits per heavy atom. The maximum Gasteiger partial charge on any atom is 0.269 e. The van der Waals surface area contributed by atoms with Crippen LogP contribution in [-0.2, 0) is 6.42 Å². The van der Waals surface area contributed by atoms with Crippen LogP contribution in [0.3, 0.4) is 0 Å². The molecule has 0 aliphatic carbocycles. The average Bonchev–Trinajstić information content (AvgIpc) is 2.96. The summed E-state index contributed by atoms with van der Waals surface area (Å²) < 4.78 is 0. The highest BCUT2D eigenvalue weighted by Crippen LogP contribution is 2.32. The van der Waals surface area contributed by atoms with Crippen LogP contribution in [0.1, 0.15) is 33.5 Å². The van der Waals surface area contributed by atoms with Gasteiger partial charge in [-0.05, 0) is 43.5 Å². The molecule has 4 rings (SSSR count). The average molecular weight is 366 g/mol.